The Kier molecular flexibility index (Phi) is 2.47. The molecule has 5 heteroatoms. The fraction of sp³-hybridized carbons (Fsp3) is 0.300. The third-order valence-electron chi connectivity index (χ3n) is 2.25. The minimum Gasteiger partial charge on any atom is -0.454 e. The zero-order chi connectivity index (χ0) is 10.8. The molecule has 1 aliphatic rings. The van der Waals surface area contributed by atoms with Gasteiger partial charge in [0.1, 0.15) is 0 Å². The molecule has 2 rings (SSSR count). The van der Waals surface area contributed by atoms with Crippen molar-refractivity contribution in [2.75, 3.05) is 6.79 Å². The summed E-state index contributed by atoms with van der Waals surface area (Å²) in [5.74, 6) is 0.942. The van der Waals surface area contributed by atoms with E-state index in [0.717, 1.165) is 5.56 Å². The Hall–Kier alpha value is -1.75. The summed E-state index contributed by atoms with van der Waals surface area (Å²) in [6.07, 6.45) is 0.125. The van der Waals surface area contributed by atoms with Gasteiger partial charge in [-0.05, 0) is 17.7 Å². The molecule has 5 nitrogen and oxygen atoms in total. The van der Waals surface area contributed by atoms with E-state index in [4.69, 9.17) is 20.9 Å². The van der Waals surface area contributed by atoms with Gasteiger partial charge >= 0.3 is 0 Å². The lowest BCUT2D eigenvalue weighted by molar-refractivity contribution is -0.118. The first-order valence-corrected chi connectivity index (χ1v) is 4.60. The van der Waals surface area contributed by atoms with Crippen molar-refractivity contribution in [3.05, 3.63) is 23.8 Å². The molecule has 1 aromatic rings. The number of nitrogens with two attached hydrogens (primary N) is 2. The van der Waals surface area contributed by atoms with Crippen LogP contribution in [0.5, 0.6) is 11.5 Å². The van der Waals surface area contributed by atoms with Crippen LogP contribution in [0.25, 0.3) is 0 Å². The van der Waals surface area contributed by atoms with Gasteiger partial charge in [-0.2, -0.15) is 0 Å². The number of rotatable bonds is 3. The third-order valence-corrected chi connectivity index (χ3v) is 2.25. The molecule has 0 saturated carbocycles. The predicted molar refractivity (Wildman–Crippen MR) is 53.3 cm³/mol. The summed E-state index contributed by atoms with van der Waals surface area (Å²) in [5, 5.41) is 0. The van der Waals surface area contributed by atoms with Gasteiger partial charge in [-0.25, -0.2) is 0 Å². The quantitative estimate of drug-likeness (QED) is 0.747. The number of amides is 1. The Morgan fingerprint density at radius 2 is 2.13 bits per heavy atom. The molecule has 80 valence electrons. The summed E-state index contributed by atoms with van der Waals surface area (Å²) >= 11 is 0. The smallest absolute Gasteiger partial charge is 0.231 e. The molecule has 1 aliphatic heterocycles. The molecule has 0 fully saturated rings. The second-order valence-electron chi connectivity index (χ2n) is 3.39. The Balaban J connectivity index is 2.19. The molecule has 0 saturated heterocycles. The van der Waals surface area contributed by atoms with Crippen LogP contribution in [0.3, 0.4) is 0 Å². The summed E-state index contributed by atoms with van der Waals surface area (Å²) in [4.78, 5) is 10.7. The summed E-state index contributed by atoms with van der Waals surface area (Å²) in [6, 6.07) is 4.97. The number of benzene rings is 1. The Bertz CT molecular complexity index is 392. The lowest BCUT2D eigenvalue weighted by Crippen LogP contribution is -2.20. The summed E-state index contributed by atoms with van der Waals surface area (Å²) < 4.78 is 10.4. The highest BCUT2D eigenvalue weighted by Crippen LogP contribution is 2.34. The number of primary amides is 1. The molecule has 0 aliphatic carbocycles. The van der Waals surface area contributed by atoms with E-state index in [0.29, 0.717) is 11.5 Å². The number of carbonyl (C=O) groups is 1. The molecule has 0 spiro atoms. The normalized spacial score (nSPS) is 15.0. The second kappa shape index (κ2) is 3.78. The van der Waals surface area contributed by atoms with Gasteiger partial charge in [0.25, 0.3) is 0 Å². The SMILES string of the molecule is NC(=O)CC(N)c1ccc2c(c1)OCO2. The van der Waals surface area contributed by atoms with Crippen LogP contribution >= 0.6 is 0 Å². The van der Waals surface area contributed by atoms with Crippen LogP contribution in [0.2, 0.25) is 0 Å². The van der Waals surface area contributed by atoms with E-state index >= 15 is 0 Å². The topological polar surface area (TPSA) is 87.6 Å². The molecular formula is C10H12N2O3. The van der Waals surface area contributed by atoms with E-state index < -0.39 is 11.9 Å². The molecule has 4 N–H and O–H groups in total. The molecule has 0 radical (unpaired) electrons. The first-order chi connectivity index (χ1) is 7.16. The molecule has 1 aromatic carbocycles. The fourth-order valence-electron chi connectivity index (χ4n) is 1.48. The van der Waals surface area contributed by atoms with E-state index in [-0.39, 0.29) is 13.2 Å². The van der Waals surface area contributed by atoms with Crippen LogP contribution in [0.1, 0.15) is 18.0 Å². The van der Waals surface area contributed by atoms with Crippen molar-refractivity contribution in [2.24, 2.45) is 11.5 Å². The zero-order valence-corrected chi connectivity index (χ0v) is 8.10. The van der Waals surface area contributed by atoms with E-state index in [1.807, 2.05) is 0 Å². The van der Waals surface area contributed by atoms with Crippen LogP contribution < -0.4 is 20.9 Å². The Morgan fingerprint density at radius 1 is 1.40 bits per heavy atom. The Labute approximate surface area is 87.0 Å². The van der Waals surface area contributed by atoms with Gasteiger partial charge in [0.05, 0.1) is 0 Å². The molecule has 1 amide bonds. The van der Waals surface area contributed by atoms with Crippen LogP contribution in [-0.4, -0.2) is 12.7 Å². The third kappa shape index (κ3) is 2.02. The van der Waals surface area contributed by atoms with E-state index in [2.05, 4.69) is 0 Å². The maximum atomic E-state index is 10.7. The molecule has 15 heavy (non-hydrogen) atoms. The maximum absolute atomic E-state index is 10.7. The number of fused-ring (bicyclic) bond motifs is 1. The van der Waals surface area contributed by atoms with Gasteiger partial charge in [-0.3, -0.25) is 4.79 Å². The number of hydrogen-bond acceptors (Lipinski definition) is 4. The molecule has 1 unspecified atom stereocenters. The number of ether oxygens (including phenoxy) is 2. The summed E-state index contributed by atoms with van der Waals surface area (Å²) in [7, 11) is 0. The lowest BCUT2D eigenvalue weighted by Gasteiger charge is -2.10. The van der Waals surface area contributed by atoms with Gasteiger partial charge in [-0.1, -0.05) is 6.07 Å². The van der Waals surface area contributed by atoms with Gasteiger partial charge in [0.15, 0.2) is 11.5 Å². The van der Waals surface area contributed by atoms with Crippen molar-refractivity contribution in [2.45, 2.75) is 12.5 Å². The largest absolute Gasteiger partial charge is 0.454 e. The van der Waals surface area contributed by atoms with Crippen LogP contribution in [0.15, 0.2) is 18.2 Å². The second-order valence-corrected chi connectivity index (χ2v) is 3.39. The number of carbonyl (C=O) groups excluding carboxylic acids is 1. The standard InChI is InChI=1S/C10H12N2O3/c11-7(4-10(12)13)6-1-2-8-9(3-6)15-5-14-8/h1-3,7H,4-5,11H2,(H2,12,13). The van der Waals surface area contributed by atoms with Crippen molar-refractivity contribution in [3.63, 3.8) is 0 Å². The van der Waals surface area contributed by atoms with Gasteiger partial charge in [0, 0.05) is 12.5 Å². The molecular weight excluding hydrogens is 196 g/mol. The minimum atomic E-state index is -0.417. The van der Waals surface area contributed by atoms with Crippen LogP contribution in [0.4, 0.5) is 0 Å². The first kappa shape index (κ1) is 9.79. The highest BCUT2D eigenvalue weighted by Gasteiger charge is 2.16. The average Bonchev–Trinajstić information content (AvgIpc) is 2.62. The highest BCUT2D eigenvalue weighted by molar-refractivity contribution is 5.74. The van der Waals surface area contributed by atoms with Gasteiger partial charge in [0.2, 0.25) is 12.7 Å². The predicted octanol–water partition coefficient (Wildman–Crippen LogP) is 0.290. The van der Waals surface area contributed by atoms with Gasteiger partial charge in [-0.15, -0.1) is 0 Å². The molecule has 1 atom stereocenters. The maximum Gasteiger partial charge on any atom is 0.231 e. The van der Waals surface area contributed by atoms with Crippen molar-refractivity contribution < 1.29 is 14.3 Å². The molecule has 1 heterocycles. The van der Waals surface area contributed by atoms with Crippen molar-refractivity contribution in [1.82, 2.24) is 0 Å². The fourth-order valence-corrected chi connectivity index (χ4v) is 1.48. The minimum absolute atomic E-state index is 0.125. The van der Waals surface area contributed by atoms with Crippen LogP contribution in [0, 0.1) is 0 Å². The summed E-state index contributed by atoms with van der Waals surface area (Å²) in [5.41, 5.74) is 11.7. The van der Waals surface area contributed by atoms with E-state index in [1.165, 1.54) is 0 Å². The van der Waals surface area contributed by atoms with E-state index in [9.17, 15) is 4.79 Å². The van der Waals surface area contributed by atoms with Crippen molar-refractivity contribution in [3.8, 4) is 11.5 Å². The highest BCUT2D eigenvalue weighted by atomic mass is 16.7. The van der Waals surface area contributed by atoms with Gasteiger partial charge < -0.3 is 20.9 Å². The van der Waals surface area contributed by atoms with E-state index in [1.54, 1.807) is 18.2 Å². The lowest BCUT2D eigenvalue weighted by atomic mass is 10.0. The monoisotopic (exact) mass is 208 g/mol. The average molecular weight is 208 g/mol. The van der Waals surface area contributed by atoms with Crippen LogP contribution in [-0.2, 0) is 4.79 Å². The zero-order valence-electron chi connectivity index (χ0n) is 8.10. The van der Waals surface area contributed by atoms with Crippen molar-refractivity contribution >= 4 is 5.91 Å². The Morgan fingerprint density at radius 3 is 2.87 bits per heavy atom. The molecule has 0 bridgehead atoms. The summed E-state index contributed by atoms with van der Waals surface area (Å²) in [6.45, 7) is 0.226. The first-order valence-electron chi connectivity index (χ1n) is 4.60. The number of hydrogen-bond donors (Lipinski definition) is 2. The molecule has 0 aromatic heterocycles. The van der Waals surface area contributed by atoms with Crippen molar-refractivity contribution in [1.29, 1.82) is 0 Å².